The Kier molecular flexibility index (Phi) is 4.51. The van der Waals surface area contributed by atoms with Crippen LogP contribution in [0.5, 0.6) is 0 Å². The summed E-state index contributed by atoms with van der Waals surface area (Å²) in [7, 11) is 0. The Labute approximate surface area is 158 Å². The summed E-state index contributed by atoms with van der Waals surface area (Å²) in [6, 6.07) is 9.77. The first kappa shape index (κ1) is 17.5. The lowest BCUT2D eigenvalue weighted by Gasteiger charge is -2.32. The van der Waals surface area contributed by atoms with E-state index in [9.17, 15) is 4.79 Å². The molecular formula is C20H24N6O. The van der Waals surface area contributed by atoms with Crippen molar-refractivity contribution in [2.45, 2.75) is 52.7 Å². The summed E-state index contributed by atoms with van der Waals surface area (Å²) in [5, 5.41) is 16.0. The molecule has 0 radical (unpaired) electrons. The highest BCUT2D eigenvalue weighted by Crippen LogP contribution is 2.25. The molecule has 3 aromatic rings. The normalized spacial score (nSPS) is 16.6. The standard InChI is InChI=1S/C20H24N6O/c1-13-17(14(2)22-21-13)9-10-18-23-24-19-12-25(20(27)15(3)26(18)19)11-16-7-5-4-6-8-16/h4-8,15H,9-12H2,1-3H3,(H,21,22)/t15-/m0/s1. The van der Waals surface area contributed by atoms with E-state index in [1.165, 1.54) is 5.56 Å². The van der Waals surface area contributed by atoms with Gasteiger partial charge in [0.15, 0.2) is 5.82 Å². The molecular weight excluding hydrogens is 340 g/mol. The van der Waals surface area contributed by atoms with Crippen molar-refractivity contribution >= 4 is 5.91 Å². The number of carbonyl (C=O) groups excluding carboxylic acids is 1. The van der Waals surface area contributed by atoms with Crippen LogP contribution in [0.15, 0.2) is 30.3 Å². The lowest BCUT2D eigenvalue weighted by atomic mass is 10.1. The maximum absolute atomic E-state index is 12.9. The number of H-pyrrole nitrogens is 1. The molecule has 27 heavy (non-hydrogen) atoms. The van der Waals surface area contributed by atoms with Gasteiger partial charge in [0, 0.05) is 18.7 Å². The molecule has 4 rings (SSSR count). The van der Waals surface area contributed by atoms with Gasteiger partial charge in [-0.05, 0) is 38.3 Å². The highest BCUT2D eigenvalue weighted by atomic mass is 16.2. The predicted octanol–water partition coefficient (Wildman–Crippen LogP) is 2.51. The summed E-state index contributed by atoms with van der Waals surface area (Å²) >= 11 is 0. The van der Waals surface area contributed by atoms with E-state index < -0.39 is 0 Å². The van der Waals surface area contributed by atoms with E-state index in [4.69, 9.17) is 0 Å². The van der Waals surface area contributed by atoms with E-state index in [1.807, 2.05) is 60.6 Å². The fourth-order valence-corrected chi connectivity index (χ4v) is 3.83. The summed E-state index contributed by atoms with van der Waals surface area (Å²) in [5.41, 5.74) is 4.44. The number of aromatic amines is 1. The number of carbonyl (C=O) groups is 1. The zero-order chi connectivity index (χ0) is 19.0. The first-order valence-corrected chi connectivity index (χ1v) is 9.30. The molecule has 0 saturated carbocycles. The van der Waals surface area contributed by atoms with E-state index in [0.717, 1.165) is 41.4 Å². The van der Waals surface area contributed by atoms with E-state index in [2.05, 4.69) is 20.4 Å². The van der Waals surface area contributed by atoms with Gasteiger partial charge < -0.3 is 9.47 Å². The lowest BCUT2D eigenvalue weighted by Crippen LogP contribution is -2.41. The van der Waals surface area contributed by atoms with Gasteiger partial charge in [-0.25, -0.2) is 0 Å². The van der Waals surface area contributed by atoms with Gasteiger partial charge in [0.25, 0.3) is 0 Å². The van der Waals surface area contributed by atoms with Crippen LogP contribution in [0.25, 0.3) is 0 Å². The molecule has 0 saturated heterocycles. The van der Waals surface area contributed by atoms with E-state index in [-0.39, 0.29) is 11.9 Å². The average Bonchev–Trinajstić information content (AvgIpc) is 3.22. The summed E-state index contributed by atoms with van der Waals surface area (Å²) in [6.45, 7) is 7.06. The highest BCUT2D eigenvalue weighted by Gasteiger charge is 2.33. The van der Waals surface area contributed by atoms with Crippen LogP contribution in [0.4, 0.5) is 0 Å². The van der Waals surface area contributed by atoms with Gasteiger partial charge in [-0.2, -0.15) is 5.10 Å². The highest BCUT2D eigenvalue weighted by molar-refractivity contribution is 5.81. The van der Waals surface area contributed by atoms with Crippen LogP contribution in [0, 0.1) is 13.8 Å². The molecule has 0 fully saturated rings. The van der Waals surface area contributed by atoms with Crippen molar-refractivity contribution in [1.29, 1.82) is 0 Å². The number of amides is 1. The molecule has 0 spiro atoms. The Hall–Kier alpha value is -2.96. The third kappa shape index (κ3) is 3.25. The lowest BCUT2D eigenvalue weighted by molar-refractivity contribution is -0.137. The van der Waals surface area contributed by atoms with Gasteiger partial charge in [0.2, 0.25) is 5.91 Å². The van der Waals surface area contributed by atoms with Crippen LogP contribution in [0.2, 0.25) is 0 Å². The van der Waals surface area contributed by atoms with E-state index in [0.29, 0.717) is 13.1 Å². The number of hydrogen-bond donors (Lipinski definition) is 1. The van der Waals surface area contributed by atoms with E-state index in [1.54, 1.807) is 0 Å². The fraction of sp³-hybridized carbons (Fsp3) is 0.400. The zero-order valence-electron chi connectivity index (χ0n) is 15.9. The smallest absolute Gasteiger partial charge is 0.246 e. The molecule has 1 aliphatic heterocycles. The first-order valence-electron chi connectivity index (χ1n) is 9.30. The fourth-order valence-electron chi connectivity index (χ4n) is 3.83. The van der Waals surface area contributed by atoms with Gasteiger partial charge in [-0.15, -0.1) is 10.2 Å². The van der Waals surface area contributed by atoms with E-state index >= 15 is 0 Å². The molecule has 7 heteroatoms. The number of fused-ring (bicyclic) bond motifs is 1. The van der Waals surface area contributed by atoms with Crippen LogP contribution < -0.4 is 0 Å². The maximum Gasteiger partial charge on any atom is 0.246 e. The molecule has 2 aromatic heterocycles. The Morgan fingerprint density at radius 1 is 1.15 bits per heavy atom. The molecule has 0 bridgehead atoms. The van der Waals surface area contributed by atoms with Crippen LogP contribution in [-0.2, 0) is 30.7 Å². The molecule has 1 aromatic carbocycles. The van der Waals surface area contributed by atoms with Crippen molar-refractivity contribution in [1.82, 2.24) is 29.9 Å². The van der Waals surface area contributed by atoms with Crippen LogP contribution in [-0.4, -0.2) is 35.8 Å². The molecule has 3 heterocycles. The molecule has 7 nitrogen and oxygen atoms in total. The third-order valence-corrected chi connectivity index (χ3v) is 5.32. The Morgan fingerprint density at radius 2 is 1.93 bits per heavy atom. The van der Waals surface area contributed by atoms with Crippen molar-refractivity contribution in [3.63, 3.8) is 0 Å². The Bertz CT molecular complexity index is 939. The molecule has 140 valence electrons. The number of rotatable bonds is 5. The minimum Gasteiger partial charge on any atom is -0.329 e. The monoisotopic (exact) mass is 364 g/mol. The number of nitrogens with zero attached hydrogens (tertiary/aromatic N) is 5. The van der Waals surface area contributed by atoms with Gasteiger partial charge in [0.05, 0.1) is 12.2 Å². The predicted molar refractivity (Wildman–Crippen MR) is 101 cm³/mol. The maximum atomic E-state index is 12.9. The second-order valence-electron chi connectivity index (χ2n) is 7.17. The topological polar surface area (TPSA) is 79.7 Å². The van der Waals surface area contributed by atoms with Crippen molar-refractivity contribution in [2.75, 3.05) is 0 Å². The summed E-state index contributed by atoms with van der Waals surface area (Å²) in [5.74, 6) is 1.84. The second kappa shape index (κ2) is 6.98. The molecule has 1 aliphatic rings. The van der Waals surface area contributed by atoms with Crippen molar-refractivity contribution in [2.24, 2.45) is 0 Å². The molecule has 0 aliphatic carbocycles. The van der Waals surface area contributed by atoms with Gasteiger partial charge >= 0.3 is 0 Å². The summed E-state index contributed by atoms with van der Waals surface area (Å²) in [4.78, 5) is 14.8. The zero-order valence-corrected chi connectivity index (χ0v) is 15.9. The third-order valence-electron chi connectivity index (χ3n) is 5.32. The summed E-state index contributed by atoms with van der Waals surface area (Å²) in [6.07, 6.45) is 1.57. The number of benzene rings is 1. The van der Waals surface area contributed by atoms with Crippen LogP contribution >= 0.6 is 0 Å². The minimum absolute atomic E-state index is 0.114. The number of nitrogens with one attached hydrogen (secondary N) is 1. The summed E-state index contributed by atoms with van der Waals surface area (Å²) < 4.78 is 2.01. The number of aryl methyl sites for hydroxylation is 3. The van der Waals surface area contributed by atoms with Crippen molar-refractivity contribution in [3.05, 3.63) is 64.5 Å². The first-order chi connectivity index (χ1) is 13.0. The van der Waals surface area contributed by atoms with Crippen molar-refractivity contribution < 1.29 is 4.79 Å². The molecule has 0 unspecified atom stereocenters. The SMILES string of the molecule is Cc1n[nH]c(C)c1CCc1nnc2n1[C@@H](C)C(=O)N(Cc1ccccc1)C2. The van der Waals surface area contributed by atoms with Gasteiger partial charge in [-0.3, -0.25) is 9.89 Å². The number of hydrogen-bond acceptors (Lipinski definition) is 4. The second-order valence-corrected chi connectivity index (χ2v) is 7.17. The average molecular weight is 364 g/mol. The Morgan fingerprint density at radius 3 is 2.63 bits per heavy atom. The molecule has 1 atom stereocenters. The van der Waals surface area contributed by atoms with Gasteiger partial charge in [0.1, 0.15) is 11.9 Å². The molecule has 1 amide bonds. The van der Waals surface area contributed by atoms with Gasteiger partial charge in [-0.1, -0.05) is 30.3 Å². The Balaban J connectivity index is 1.53. The molecule has 1 N–H and O–H groups in total. The van der Waals surface area contributed by atoms with Crippen LogP contribution in [0.1, 0.15) is 47.1 Å². The van der Waals surface area contributed by atoms with Crippen molar-refractivity contribution in [3.8, 4) is 0 Å². The minimum atomic E-state index is -0.283. The largest absolute Gasteiger partial charge is 0.329 e. The quantitative estimate of drug-likeness (QED) is 0.754. The van der Waals surface area contributed by atoms with Crippen LogP contribution in [0.3, 0.4) is 0 Å². The number of aromatic nitrogens is 5.